The largest absolute Gasteiger partial charge is 0.478 e. The maximum absolute atomic E-state index is 10.9. The third kappa shape index (κ3) is 2.06. The number of carboxylic acids is 1. The van der Waals surface area contributed by atoms with Crippen LogP contribution in [0.5, 0.6) is 0 Å². The van der Waals surface area contributed by atoms with Crippen LogP contribution >= 0.6 is 15.9 Å². The Balaban J connectivity index is 3.34. The molecule has 1 aromatic rings. The number of nitrogens with zero attached hydrogens (tertiary/aromatic N) is 1. The summed E-state index contributed by atoms with van der Waals surface area (Å²) >= 11 is 3.17. The molecule has 13 heavy (non-hydrogen) atoms. The van der Waals surface area contributed by atoms with Gasteiger partial charge in [0.1, 0.15) is 0 Å². The highest BCUT2D eigenvalue weighted by Crippen LogP contribution is 2.24. The first-order chi connectivity index (χ1) is 6.04. The highest BCUT2D eigenvalue weighted by Gasteiger charge is 2.16. The number of aromatic carboxylic acids is 1. The van der Waals surface area contributed by atoms with Crippen LogP contribution in [0, 0.1) is 0 Å². The first kappa shape index (κ1) is 10.2. The molecule has 0 spiro atoms. The normalized spacial score (nSPS) is 10.5. The zero-order valence-corrected chi connectivity index (χ0v) is 9.00. The molecule has 4 heteroatoms. The fourth-order valence-electron chi connectivity index (χ4n) is 1.11. The van der Waals surface area contributed by atoms with E-state index in [0.29, 0.717) is 10.0 Å². The number of halogens is 1. The highest BCUT2D eigenvalue weighted by molar-refractivity contribution is 9.10. The zero-order valence-electron chi connectivity index (χ0n) is 7.41. The fraction of sp³-hybridized carbons (Fsp3) is 0.333. The zero-order chi connectivity index (χ0) is 10.0. The van der Waals surface area contributed by atoms with Gasteiger partial charge < -0.3 is 5.11 Å². The molecule has 0 saturated heterocycles. The first-order valence-corrected chi connectivity index (χ1v) is 4.70. The van der Waals surface area contributed by atoms with Crippen LogP contribution in [0.15, 0.2) is 16.9 Å². The van der Waals surface area contributed by atoms with Crippen molar-refractivity contribution < 1.29 is 9.90 Å². The lowest BCUT2D eigenvalue weighted by Crippen LogP contribution is -2.05. The number of hydrogen-bond donors (Lipinski definition) is 1. The van der Waals surface area contributed by atoms with Crippen LogP contribution in [-0.4, -0.2) is 16.1 Å². The summed E-state index contributed by atoms with van der Waals surface area (Å²) in [5, 5.41) is 8.94. The minimum atomic E-state index is -0.919. The Morgan fingerprint density at radius 2 is 2.15 bits per heavy atom. The molecule has 0 bridgehead atoms. The van der Waals surface area contributed by atoms with E-state index < -0.39 is 5.97 Å². The Labute approximate surface area is 84.9 Å². The van der Waals surface area contributed by atoms with Gasteiger partial charge in [0.15, 0.2) is 0 Å². The molecule has 0 radical (unpaired) electrons. The van der Waals surface area contributed by atoms with Crippen LogP contribution in [0.4, 0.5) is 0 Å². The monoisotopic (exact) mass is 243 g/mol. The molecule has 0 aromatic carbocycles. The molecular weight excluding hydrogens is 234 g/mol. The van der Waals surface area contributed by atoms with E-state index in [9.17, 15) is 4.79 Å². The maximum atomic E-state index is 10.9. The second-order valence-electron chi connectivity index (χ2n) is 3.05. The summed E-state index contributed by atoms with van der Waals surface area (Å²) in [6, 6.07) is 0. The second-order valence-corrected chi connectivity index (χ2v) is 3.90. The number of carbonyl (C=O) groups is 1. The van der Waals surface area contributed by atoms with Crippen molar-refractivity contribution in [3.63, 3.8) is 0 Å². The molecule has 3 nitrogen and oxygen atoms in total. The van der Waals surface area contributed by atoms with Crippen LogP contribution in [0.1, 0.15) is 35.7 Å². The average Bonchev–Trinajstić information content (AvgIpc) is 2.02. The van der Waals surface area contributed by atoms with Gasteiger partial charge in [-0.15, -0.1) is 0 Å². The minimum absolute atomic E-state index is 0.163. The molecule has 0 aliphatic heterocycles. The predicted molar refractivity (Wildman–Crippen MR) is 53.0 cm³/mol. The van der Waals surface area contributed by atoms with Gasteiger partial charge in [0.2, 0.25) is 0 Å². The van der Waals surface area contributed by atoms with Gasteiger partial charge in [0.05, 0.1) is 10.0 Å². The van der Waals surface area contributed by atoms with E-state index in [1.165, 1.54) is 6.20 Å². The number of hydrogen-bond acceptors (Lipinski definition) is 2. The number of rotatable bonds is 2. The lowest BCUT2D eigenvalue weighted by atomic mass is 10.00. The van der Waals surface area contributed by atoms with Crippen molar-refractivity contribution in [2.24, 2.45) is 0 Å². The molecule has 0 fully saturated rings. The quantitative estimate of drug-likeness (QED) is 0.869. The topological polar surface area (TPSA) is 50.2 Å². The molecule has 0 amide bonds. The summed E-state index contributed by atoms with van der Waals surface area (Å²) < 4.78 is 0.534. The van der Waals surface area contributed by atoms with Crippen molar-refractivity contribution in [2.45, 2.75) is 19.8 Å². The van der Waals surface area contributed by atoms with E-state index in [4.69, 9.17) is 5.11 Å². The van der Waals surface area contributed by atoms with E-state index >= 15 is 0 Å². The Morgan fingerprint density at radius 3 is 2.54 bits per heavy atom. The molecule has 0 aliphatic carbocycles. The van der Waals surface area contributed by atoms with E-state index in [1.54, 1.807) is 6.20 Å². The molecule has 1 aromatic heterocycles. The number of pyridine rings is 1. The Kier molecular flexibility index (Phi) is 3.03. The highest BCUT2D eigenvalue weighted by atomic mass is 79.9. The van der Waals surface area contributed by atoms with Crippen molar-refractivity contribution in [3.8, 4) is 0 Å². The van der Waals surface area contributed by atoms with E-state index in [1.807, 2.05) is 13.8 Å². The Hall–Kier alpha value is -0.900. The lowest BCUT2D eigenvalue weighted by molar-refractivity contribution is 0.0694. The van der Waals surface area contributed by atoms with Gasteiger partial charge >= 0.3 is 5.97 Å². The standard InChI is InChI=1S/C9H10BrNO2/c1-5(2)6-3-11-4-7(10)8(6)9(12)13/h3-5H,1-2H3,(H,12,13). The van der Waals surface area contributed by atoms with Crippen LogP contribution < -0.4 is 0 Å². The molecule has 0 unspecified atom stereocenters. The maximum Gasteiger partial charge on any atom is 0.337 e. The molecule has 1 heterocycles. The Bertz CT molecular complexity index is 336. The minimum Gasteiger partial charge on any atom is -0.478 e. The van der Waals surface area contributed by atoms with Crippen molar-refractivity contribution in [1.29, 1.82) is 0 Å². The van der Waals surface area contributed by atoms with Crippen molar-refractivity contribution in [2.75, 3.05) is 0 Å². The summed E-state index contributed by atoms with van der Waals surface area (Å²) in [5.41, 5.74) is 1.06. The molecule has 1 rings (SSSR count). The fourth-order valence-corrected chi connectivity index (χ4v) is 1.63. The van der Waals surface area contributed by atoms with Crippen molar-refractivity contribution in [3.05, 3.63) is 28.0 Å². The Morgan fingerprint density at radius 1 is 1.54 bits per heavy atom. The van der Waals surface area contributed by atoms with Crippen LogP contribution in [-0.2, 0) is 0 Å². The van der Waals surface area contributed by atoms with Gasteiger partial charge in [0.25, 0.3) is 0 Å². The first-order valence-electron chi connectivity index (χ1n) is 3.90. The van der Waals surface area contributed by atoms with Gasteiger partial charge in [-0.2, -0.15) is 0 Å². The molecule has 0 aliphatic rings. The molecule has 1 N–H and O–H groups in total. The summed E-state index contributed by atoms with van der Waals surface area (Å²) in [6.45, 7) is 3.88. The summed E-state index contributed by atoms with van der Waals surface area (Å²) in [5.74, 6) is -0.755. The van der Waals surface area contributed by atoms with Gasteiger partial charge in [-0.3, -0.25) is 4.98 Å². The van der Waals surface area contributed by atoms with Crippen molar-refractivity contribution >= 4 is 21.9 Å². The van der Waals surface area contributed by atoms with E-state index in [0.717, 1.165) is 5.56 Å². The number of carboxylic acid groups (broad SMARTS) is 1. The third-order valence-corrected chi connectivity index (χ3v) is 2.37. The van der Waals surface area contributed by atoms with Crippen LogP contribution in [0.2, 0.25) is 0 Å². The predicted octanol–water partition coefficient (Wildman–Crippen LogP) is 2.67. The third-order valence-electron chi connectivity index (χ3n) is 1.76. The smallest absolute Gasteiger partial charge is 0.337 e. The van der Waals surface area contributed by atoms with Gasteiger partial charge in [-0.1, -0.05) is 13.8 Å². The average molecular weight is 244 g/mol. The SMILES string of the molecule is CC(C)c1cncc(Br)c1C(=O)O. The van der Waals surface area contributed by atoms with Gasteiger partial charge in [-0.05, 0) is 27.4 Å². The van der Waals surface area contributed by atoms with Crippen LogP contribution in [0.3, 0.4) is 0 Å². The van der Waals surface area contributed by atoms with E-state index in [2.05, 4.69) is 20.9 Å². The lowest BCUT2D eigenvalue weighted by Gasteiger charge is -2.09. The molecule has 0 saturated carbocycles. The van der Waals surface area contributed by atoms with Gasteiger partial charge in [-0.25, -0.2) is 4.79 Å². The summed E-state index contributed by atoms with van der Waals surface area (Å²) in [6.07, 6.45) is 3.09. The second kappa shape index (κ2) is 3.87. The van der Waals surface area contributed by atoms with Crippen molar-refractivity contribution in [1.82, 2.24) is 4.98 Å². The molecular formula is C9H10BrNO2. The number of aromatic nitrogens is 1. The molecule has 0 atom stereocenters. The summed E-state index contributed by atoms with van der Waals surface area (Å²) in [7, 11) is 0. The van der Waals surface area contributed by atoms with E-state index in [-0.39, 0.29) is 5.92 Å². The summed E-state index contributed by atoms with van der Waals surface area (Å²) in [4.78, 5) is 14.8. The molecule has 70 valence electrons. The van der Waals surface area contributed by atoms with Crippen LogP contribution in [0.25, 0.3) is 0 Å². The van der Waals surface area contributed by atoms with Gasteiger partial charge in [0, 0.05) is 12.4 Å².